The Hall–Kier alpha value is -1.46. The summed E-state index contributed by atoms with van der Waals surface area (Å²) in [5.74, 6) is 0. The molecule has 0 bridgehead atoms. The number of hydrogen-bond acceptors (Lipinski definition) is 4. The molecule has 0 radical (unpaired) electrons. The summed E-state index contributed by atoms with van der Waals surface area (Å²) in [6, 6.07) is 6.04. The van der Waals surface area contributed by atoms with Crippen LogP contribution in [0.15, 0.2) is 18.2 Å². The molecule has 1 N–H and O–H groups in total. The van der Waals surface area contributed by atoms with Crippen LogP contribution in [-0.4, -0.2) is 36.0 Å². The van der Waals surface area contributed by atoms with Crippen LogP contribution in [0.2, 0.25) is 0 Å². The molecule has 1 aliphatic heterocycles. The lowest BCUT2D eigenvalue weighted by Crippen LogP contribution is -2.42. The third-order valence-corrected chi connectivity index (χ3v) is 4.10. The molecule has 0 spiro atoms. The van der Waals surface area contributed by atoms with E-state index < -0.39 is 0 Å². The molecule has 5 heteroatoms. The highest BCUT2D eigenvalue weighted by atomic mass is 16.6. The smallest absolute Gasteiger partial charge is 0.272 e. The van der Waals surface area contributed by atoms with Gasteiger partial charge in [-0.25, -0.2) is 0 Å². The van der Waals surface area contributed by atoms with Crippen LogP contribution in [0.25, 0.3) is 0 Å². The molecule has 110 valence electrons. The molecule has 1 aromatic rings. The fourth-order valence-electron chi connectivity index (χ4n) is 2.75. The molecule has 20 heavy (non-hydrogen) atoms. The van der Waals surface area contributed by atoms with Gasteiger partial charge in [-0.3, -0.25) is 10.1 Å². The maximum absolute atomic E-state index is 10.9. The average Bonchev–Trinajstić information content (AvgIpc) is 2.42. The molecule has 2 rings (SSSR count). The van der Waals surface area contributed by atoms with Crippen molar-refractivity contribution in [3.63, 3.8) is 0 Å². The van der Waals surface area contributed by atoms with Crippen LogP contribution >= 0.6 is 0 Å². The Morgan fingerprint density at radius 2 is 2.25 bits per heavy atom. The van der Waals surface area contributed by atoms with Crippen molar-refractivity contribution >= 4 is 5.69 Å². The largest absolute Gasteiger partial charge is 0.311 e. The van der Waals surface area contributed by atoms with Gasteiger partial charge in [0.25, 0.3) is 5.69 Å². The number of hydrogen-bond donors (Lipinski definition) is 1. The Labute approximate surface area is 120 Å². The summed E-state index contributed by atoms with van der Waals surface area (Å²) >= 11 is 0. The van der Waals surface area contributed by atoms with Gasteiger partial charge in [-0.05, 0) is 38.9 Å². The first-order chi connectivity index (χ1) is 9.58. The van der Waals surface area contributed by atoms with E-state index in [2.05, 4.69) is 17.3 Å². The van der Waals surface area contributed by atoms with Gasteiger partial charge >= 0.3 is 0 Å². The van der Waals surface area contributed by atoms with Crippen LogP contribution in [0, 0.1) is 17.0 Å². The molecule has 0 amide bonds. The molecule has 1 saturated heterocycles. The predicted octanol–water partition coefficient (Wildman–Crippen LogP) is 2.48. The first kappa shape index (κ1) is 14.9. The van der Waals surface area contributed by atoms with Crippen molar-refractivity contribution in [2.45, 2.75) is 38.8 Å². The van der Waals surface area contributed by atoms with Crippen LogP contribution < -0.4 is 5.32 Å². The van der Waals surface area contributed by atoms with Gasteiger partial charge in [0.15, 0.2) is 0 Å². The third kappa shape index (κ3) is 3.77. The second kappa shape index (κ2) is 6.81. The van der Waals surface area contributed by atoms with Crippen LogP contribution in [0.3, 0.4) is 0 Å². The summed E-state index contributed by atoms with van der Waals surface area (Å²) in [6.45, 7) is 4.57. The van der Waals surface area contributed by atoms with Gasteiger partial charge in [-0.1, -0.05) is 18.6 Å². The van der Waals surface area contributed by atoms with Gasteiger partial charge in [0.2, 0.25) is 0 Å². The highest BCUT2D eigenvalue weighted by Gasteiger charge is 2.18. The minimum atomic E-state index is -0.312. The monoisotopic (exact) mass is 277 g/mol. The molecular formula is C15H23N3O2. The molecule has 1 fully saturated rings. The minimum Gasteiger partial charge on any atom is -0.311 e. The fourth-order valence-corrected chi connectivity index (χ4v) is 2.75. The normalized spacial score (nSPS) is 20.0. The summed E-state index contributed by atoms with van der Waals surface area (Å²) in [5.41, 5.74) is 1.89. The zero-order chi connectivity index (χ0) is 14.5. The highest BCUT2D eigenvalue weighted by molar-refractivity contribution is 5.42. The topological polar surface area (TPSA) is 58.4 Å². The number of likely N-dealkylation sites (tertiary alicyclic amines) is 1. The Kier molecular flexibility index (Phi) is 5.09. The van der Waals surface area contributed by atoms with Crippen molar-refractivity contribution in [3.05, 3.63) is 39.4 Å². The Morgan fingerprint density at radius 3 is 2.95 bits per heavy atom. The zero-order valence-corrected chi connectivity index (χ0v) is 12.3. The van der Waals surface area contributed by atoms with E-state index in [-0.39, 0.29) is 10.6 Å². The van der Waals surface area contributed by atoms with Crippen molar-refractivity contribution < 1.29 is 4.92 Å². The summed E-state index contributed by atoms with van der Waals surface area (Å²) in [7, 11) is 2.17. The number of nitrogens with one attached hydrogen (secondary N) is 1. The van der Waals surface area contributed by atoms with E-state index in [1.165, 1.54) is 25.8 Å². The Balaban J connectivity index is 1.87. The van der Waals surface area contributed by atoms with Crippen LogP contribution in [0.4, 0.5) is 5.69 Å². The van der Waals surface area contributed by atoms with Gasteiger partial charge < -0.3 is 10.2 Å². The molecular weight excluding hydrogens is 254 g/mol. The van der Waals surface area contributed by atoms with Crippen molar-refractivity contribution in [2.75, 3.05) is 20.1 Å². The maximum Gasteiger partial charge on any atom is 0.272 e. The number of rotatable bonds is 5. The van der Waals surface area contributed by atoms with Crippen molar-refractivity contribution in [1.82, 2.24) is 10.2 Å². The van der Waals surface area contributed by atoms with Gasteiger partial charge in [-0.15, -0.1) is 0 Å². The molecule has 0 saturated carbocycles. The van der Waals surface area contributed by atoms with Gasteiger partial charge in [-0.2, -0.15) is 0 Å². The van der Waals surface area contributed by atoms with Gasteiger partial charge in [0.1, 0.15) is 0 Å². The van der Waals surface area contributed by atoms with E-state index in [0.29, 0.717) is 18.2 Å². The maximum atomic E-state index is 10.9. The predicted molar refractivity (Wildman–Crippen MR) is 79.8 cm³/mol. The lowest BCUT2D eigenvalue weighted by molar-refractivity contribution is -0.385. The highest BCUT2D eigenvalue weighted by Crippen LogP contribution is 2.19. The van der Waals surface area contributed by atoms with E-state index in [9.17, 15) is 10.1 Å². The fraction of sp³-hybridized carbons (Fsp3) is 0.600. The van der Waals surface area contributed by atoms with E-state index in [4.69, 9.17) is 0 Å². The Morgan fingerprint density at radius 1 is 1.45 bits per heavy atom. The lowest BCUT2D eigenvalue weighted by Gasteiger charge is -2.32. The lowest BCUT2D eigenvalue weighted by atomic mass is 10.0. The zero-order valence-electron chi connectivity index (χ0n) is 12.3. The molecule has 0 aromatic heterocycles. The summed E-state index contributed by atoms with van der Waals surface area (Å²) in [4.78, 5) is 13.0. The number of likely N-dealkylation sites (N-methyl/N-ethyl adjacent to an activating group) is 1. The van der Waals surface area contributed by atoms with E-state index in [0.717, 1.165) is 12.1 Å². The molecule has 1 aliphatic rings. The number of nitrogens with zero attached hydrogens (tertiary/aromatic N) is 2. The van der Waals surface area contributed by atoms with Crippen molar-refractivity contribution in [1.29, 1.82) is 0 Å². The van der Waals surface area contributed by atoms with E-state index in [1.807, 2.05) is 12.1 Å². The summed E-state index contributed by atoms with van der Waals surface area (Å²) in [6.07, 6.45) is 3.82. The van der Waals surface area contributed by atoms with E-state index in [1.54, 1.807) is 13.0 Å². The first-order valence-electron chi connectivity index (χ1n) is 7.23. The first-order valence-corrected chi connectivity index (χ1v) is 7.23. The molecule has 1 aromatic carbocycles. The molecule has 5 nitrogen and oxygen atoms in total. The van der Waals surface area contributed by atoms with Crippen molar-refractivity contribution in [2.24, 2.45) is 0 Å². The van der Waals surface area contributed by atoms with Crippen LogP contribution in [-0.2, 0) is 6.54 Å². The second-order valence-corrected chi connectivity index (χ2v) is 5.64. The average molecular weight is 277 g/mol. The molecule has 0 aliphatic carbocycles. The number of nitro benzene ring substituents is 1. The number of aryl methyl sites for hydroxylation is 1. The van der Waals surface area contributed by atoms with Gasteiger partial charge in [0, 0.05) is 30.8 Å². The second-order valence-electron chi connectivity index (χ2n) is 5.64. The van der Waals surface area contributed by atoms with Crippen LogP contribution in [0.1, 0.15) is 30.4 Å². The van der Waals surface area contributed by atoms with Crippen LogP contribution in [0.5, 0.6) is 0 Å². The molecule has 1 heterocycles. The molecule has 1 unspecified atom stereocenters. The van der Waals surface area contributed by atoms with E-state index >= 15 is 0 Å². The van der Waals surface area contributed by atoms with Gasteiger partial charge in [0.05, 0.1) is 4.92 Å². The SMILES string of the molecule is Cc1ccc(CNCC2CCCCN2C)cc1[N+](=O)[O-]. The summed E-state index contributed by atoms with van der Waals surface area (Å²) in [5, 5.41) is 14.3. The van der Waals surface area contributed by atoms with Crippen molar-refractivity contribution in [3.8, 4) is 0 Å². The summed E-state index contributed by atoms with van der Waals surface area (Å²) < 4.78 is 0. The third-order valence-electron chi connectivity index (χ3n) is 4.10. The molecule has 1 atom stereocenters. The number of nitro groups is 1. The number of piperidine rings is 1. The number of benzene rings is 1. The minimum absolute atomic E-state index is 0.207. The quantitative estimate of drug-likeness (QED) is 0.663. The Bertz CT molecular complexity index is 476. The standard InChI is InChI=1S/C15H23N3O2/c1-12-6-7-13(9-15(12)18(19)20)10-16-11-14-5-3-4-8-17(14)2/h6-7,9,14,16H,3-5,8,10-11H2,1-2H3.